The Bertz CT molecular complexity index is 622. The van der Waals surface area contributed by atoms with Gasteiger partial charge in [0.2, 0.25) is 5.91 Å². The van der Waals surface area contributed by atoms with Crippen LogP contribution in [0, 0.1) is 6.92 Å². The number of rotatable bonds is 4. The van der Waals surface area contributed by atoms with Gasteiger partial charge >= 0.3 is 0 Å². The summed E-state index contributed by atoms with van der Waals surface area (Å²) in [4.78, 5) is 16.5. The van der Waals surface area contributed by atoms with Crippen molar-refractivity contribution >= 4 is 22.5 Å². The van der Waals surface area contributed by atoms with Crippen LogP contribution < -0.4 is 10.6 Å². The van der Waals surface area contributed by atoms with E-state index >= 15 is 0 Å². The zero-order valence-corrected chi connectivity index (χ0v) is 12.4. The lowest BCUT2D eigenvalue weighted by atomic mass is 10.1. The maximum Gasteiger partial charge on any atom is 0.242 e. The number of aryl methyl sites for hydroxylation is 1. The Balaban J connectivity index is 2.27. The van der Waals surface area contributed by atoms with Crippen molar-refractivity contribution in [2.75, 3.05) is 5.32 Å². The summed E-state index contributed by atoms with van der Waals surface area (Å²) in [6.45, 7) is 7.73. The average Bonchev–Trinajstić information content (AvgIpc) is 2.37. The van der Waals surface area contributed by atoms with Gasteiger partial charge in [0, 0.05) is 22.8 Å². The van der Waals surface area contributed by atoms with Crippen LogP contribution in [-0.2, 0) is 4.79 Å². The van der Waals surface area contributed by atoms with E-state index in [2.05, 4.69) is 15.6 Å². The maximum atomic E-state index is 12.0. The van der Waals surface area contributed by atoms with E-state index in [0.717, 1.165) is 22.3 Å². The summed E-state index contributed by atoms with van der Waals surface area (Å²) in [6, 6.07) is 9.76. The zero-order chi connectivity index (χ0) is 14.7. The first-order chi connectivity index (χ1) is 9.47. The molecule has 1 unspecified atom stereocenters. The molecule has 1 amide bonds. The number of benzene rings is 1. The van der Waals surface area contributed by atoms with Crippen molar-refractivity contribution in [3.8, 4) is 0 Å². The van der Waals surface area contributed by atoms with E-state index in [0.29, 0.717) is 0 Å². The summed E-state index contributed by atoms with van der Waals surface area (Å²) in [7, 11) is 0. The fourth-order valence-corrected chi connectivity index (χ4v) is 2.14. The third kappa shape index (κ3) is 3.26. The number of fused-ring (bicyclic) bond motifs is 1. The Morgan fingerprint density at radius 2 is 1.90 bits per heavy atom. The van der Waals surface area contributed by atoms with E-state index in [1.165, 1.54) is 0 Å². The van der Waals surface area contributed by atoms with Crippen LogP contribution in [-0.4, -0.2) is 23.0 Å². The molecule has 2 aromatic rings. The number of amides is 1. The van der Waals surface area contributed by atoms with E-state index in [4.69, 9.17) is 0 Å². The van der Waals surface area contributed by atoms with Gasteiger partial charge in [0.05, 0.1) is 5.52 Å². The lowest BCUT2D eigenvalue weighted by Crippen LogP contribution is -2.41. The third-order valence-electron chi connectivity index (χ3n) is 3.04. The van der Waals surface area contributed by atoms with Crippen molar-refractivity contribution in [2.24, 2.45) is 0 Å². The van der Waals surface area contributed by atoms with Crippen LogP contribution in [0.15, 0.2) is 30.3 Å². The Kier molecular flexibility index (Phi) is 4.23. The minimum atomic E-state index is -0.289. The van der Waals surface area contributed by atoms with Gasteiger partial charge in [0.1, 0.15) is 6.04 Å². The lowest BCUT2D eigenvalue weighted by Gasteiger charge is -2.18. The number of anilines is 1. The van der Waals surface area contributed by atoms with E-state index in [9.17, 15) is 4.79 Å². The van der Waals surface area contributed by atoms with Gasteiger partial charge < -0.3 is 10.6 Å². The van der Waals surface area contributed by atoms with Crippen LogP contribution >= 0.6 is 0 Å². The smallest absolute Gasteiger partial charge is 0.242 e. The van der Waals surface area contributed by atoms with Crippen LogP contribution in [0.3, 0.4) is 0 Å². The quantitative estimate of drug-likeness (QED) is 0.899. The molecule has 0 aliphatic heterocycles. The monoisotopic (exact) mass is 271 g/mol. The van der Waals surface area contributed by atoms with E-state index in [-0.39, 0.29) is 18.0 Å². The fourth-order valence-electron chi connectivity index (χ4n) is 2.14. The number of hydrogen-bond donors (Lipinski definition) is 2. The van der Waals surface area contributed by atoms with Crippen LogP contribution in [0.25, 0.3) is 10.9 Å². The number of aromatic nitrogens is 1. The lowest BCUT2D eigenvalue weighted by molar-refractivity contribution is -0.122. The predicted molar refractivity (Wildman–Crippen MR) is 82.8 cm³/mol. The molecule has 0 aliphatic rings. The van der Waals surface area contributed by atoms with Crippen LogP contribution in [0.5, 0.6) is 0 Å². The first-order valence-corrected chi connectivity index (χ1v) is 6.90. The van der Waals surface area contributed by atoms with Gasteiger partial charge in [-0.05, 0) is 39.8 Å². The summed E-state index contributed by atoms with van der Waals surface area (Å²) in [6.07, 6.45) is 0. The van der Waals surface area contributed by atoms with E-state index < -0.39 is 0 Å². The van der Waals surface area contributed by atoms with Crippen LogP contribution in [0.2, 0.25) is 0 Å². The molecule has 0 saturated heterocycles. The average molecular weight is 271 g/mol. The largest absolute Gasteiger partial charge is 0.373 e. The van der Waals surface area contributed by atoms with Crippen molar-refractivity contribution < 1.29 is 4.79 Å². The summed E-state index contributed by atoms with van der Waals surface area (Å²) in [5, 5.41) is 7.22. The second-order valence-electron chi connectivity index (χ2n) is 5.36. The number of carbonyl (C=O) groups is 1. The van der Waals surface area contributed by atoms with Crippen LogP contribution in [0.1, 0.15) is 26.5 Å². The van der Waals surface area contributed by atoms with Crippen LogP contribution in [0.4, 0.5) is 5.69 Å². The molecule has 1 aromatic carbocycles. The van der Waals surface area contributed by atoms with Gasteiger partial charge in [-0.15, -0.1) is 0 Å². The number of pyridine rings is 1. The summed E-state index contributed by atoms with van der Waals surface area (Å²) in [5.74, 6) is -0.00135. The van der Waals surface area contributed by atoms with Crippen molar-refractivity contribution in [1.82, 2.24) is 10.3 Å². The number of carbonyl (C=O) groups excluding carboxylic acids is 1. The standard InChI is InChI=1S/C16H21N3O/c1-10(2)17-16(20)12(4)19-15-9-11(3)18-14-8-6-5-7-13(14)15/h5-10,12H,1-4H3,(H,17,20)(H,18,19). The second kappa shape index (κ2) is 5.90. The molecule has 2 N–H and O–H groups in total. The molecule has 2 rings (SSSR count). The molecule has 1 aromatic heterocycles. The van der Waals surface area contributed by atoms with Gasteiger partial charge in [0.15, 0.2) is 0 Å². The molecule has 106 valence electrons. The van der Waals surface area contributed by atoms with Gasteiger partial charge in [-0.1, -0.05) is 18.2 Å². The Morgan fingerprint density at radius 1 is 1.20 bits per heavy atom. The first kappa shape index (κ1) is 14.3. The first-order valence-electron chi connectivity index (χ1n) is 6.90. The molecule has 0 bridgehead atoms. The van der Waals surface area contributed by atoms with Gasteiger partial charge in [0.25, 0.3) is 0 Å². The highest BCUT2D eigenvalue weighted by Crippen LogP contribution is 2.23. The molecular formula is C16H21N3O. The van der Waals surface area contributed by atoms with Crippen molar-refractivity contribution in [1.29, 1.82) is 0 Å². The minimum Gasteiger partial charge on any atom is -0.373 e. The van der Waals surface area contributed by atoms with Gasteiger partial charge in [-0.3, -0.25) is 9.78 Å². The number of hydrogen-bond acceptors (Lipinski definition) is 3. The highest BCUT2D eigenvalue weighted by Gasteiger charge is 2.14. The third-order valence-corrected chi connectivity index (χ3v) is 3.04. The maximum absolute atomic E-state index is 12.0. The van der Waals surface area contributed by atoms with E-state index in [1.807, 2.05) is 58.0 Å². The SMILES string of the molecule is Cc1cc(NC(C)C(=O)NC(C)C)c2ccccc2n1. The Hall–Kier alpha value is -2.10. The molecule has 0 fully saturated rings. The highest BCUT2D eigenvalue weighted by molar-refractivity contribution is 5.94. The minimum absolute atomic E-state index is 0.00135. The highest BCUT2D eigenvalue weighted by atomic mass is 16.2. The summed E-state index contributed by atoms with van der Waals surface area (Å²) in [5.41, 5.74) is 2.81. The zero-order valence-electron chi connectivity index (χ0n) is 12.4. The molecule has 20 heavy (non-hydrogen) atoms. The molecular weight excluding hydrogens is 250 g/mol. The number of nitrogens with one attached hydrogen (secondary N) is 2. The number of para-hydroxylation sites is 1. The molecule has 1 atom stereocenters. The summed E-state index contributed by atoms with van der Waals surface area (Å²) >= 11 is 0. The predicted octanol–water partition coefficient (Wildman–Crippen LogP) is 2.87. The van der Waals surface area contributed by atoms with Gasteiger partial charge in [-0.2, -0.15) is 0 Å². The Morgan fingerprint density at radius 3 is 2.60 bits per heavy atom. The van der Waals surface area contributed by atoms with Gasteiger partial charge in [-0.25, -0.2) is 0 Å². The molecule has 1 heterocycles. The number of nitrogens with zero attached hydrogens (tertiary/aromatic N) is 1. The molecule has 4 nitrogen and oxygen atoms in total. The molecule has 0 saturated carbocycles. The normalized spacial score (nSPS) is 12.4. The molecule has 0 spiro atoms. The second-order valence-corrected chi connectivity index (χ2v) is 5.36. The van der Waals surface area contributed by atoms with Crippen molar-refractivity contribution in [3.05, 3.63) is 36.0 Å². The van der Waals surface area contributed by atoms with E-state index in [1.54, 1.807) is 0 Å². The molecule has 4 heteroatoms. The molecule has 0 aliphatic carbocycles. The Labute approximate surface area is 119 Å². The van der Waals surface area contributed by atoms with Crippen molar-refractivity contribution in [3.63, 3.8) is 0 Å². The molecule has 0 radical (unpaired) electrons. The summed E-state index contributed by atoms with van der Waals surface area (Å²) < 4.78 is 0. The fraction of sp³-hybridized carbons (Fsp3) is 0.375. The topological polar surface area (TPSA) is 54.0 Å². The van der Waals surface area contributed by atoms with Crippen molar-refractivity contribution in [2.45, 2.75) is 39.8 Å².